The van der Waals surface area contributed by atoms with E-state index in [1.807, 2.05) is 30.8 Å². The SMILES string of the molecule is CC.Cc1ccc2c(cnn2C2CCCCO2)c1-n1c(N)cc(C)c1C. The molecule has 1 atom stereocenters. The van der Waals surface area contributed by atoms with Crippen LogP contribution in [0, 0.1) is 20.8 Å². The van der Waals surface area contributed by atoms with Gasteiger partial charge in [0, 0.05) is 17.7 Å². The first kappa shape index (κ1) is 18.5. The molecule has 140 valence electrons. The average Bonchev–Trinajstić information content (AvgIpc) is 3.19. The van der Waals surface area contributed by atoms with Crippen molar-refractivity contribution in [2.24, 2.45) is 0 Å². The monoisotopic (exact) mass is 354 g/mol. The van der Waals surface area contributed by atoms with Crippen LogP contribution in [0.2, 0.25) is 0 Å². The Labute approximate surface area is 155 Å². The molecule has 0 radical (unpaired) electrons. The minimum absolute atomic E-state index is 0.0386. The molecule has 1 saturated heterocycles. The van der Waals surface area contributed by atoms with Gasteiger partial charge in [0.05, 0.1) is 17.4 Å². The van der Waals surface area contributed by atoms with Gasteiger partial charge in [0.25, 0.3) is 0 Å². The maximum atomic E-state index is 6.29. The van der Waals surface area contributed by atoms with E-state index in [9.17, 15) is 0 Å². The molecule has 1 fully saturated rings. The number of rotatable bonds is 2. The van der Waals surface area contributed by atoms with Crippen LogP contribution in [0.25, 0.3) is 16.6 Å². The quantitative estimate of drug-likeness (QED) is 0.700. The third kappa shape index (κ3) is 3.01. The van der Waals surface area contributed by atoms with E-state index in [4.69, 9.17) is 10.5 Å². The van der Waals surface area contributed by atoms with Gasteiger partial charge in [-0.3, -0.25) is 4.57 Å². The fourth-order valence-electron chi connectivity index (χ4n) is 3.72. The maximum absolute atomic E-state index is 6.29. The third-order valence-electron chi connectivity index (χ3n) is 5.13. The number of aryl methyl sites for hydroxylation is 2. The van der Waals surface area contributed by atoms with Gasteiger partial charge in [0.1, 0.15) is 5.82 Å². The fraction of sp³-hybridized carbons (Fsp3) is 0.476. The van der Waals surface area contributed by atoms with Crippen LogP contribution in [0.3, 0.4) is 0 Å². The van der Waals surface area contributed by atoms with Crippen molar-refractivity contribution in [3.05, 3.63) is 41.2 Å². The standard InChI is InChI=1S/C19H24N4O.C2H6/c1-12-7-8-16-15(11-21-23(16)18-6-4-5-9-24-18)19(12)22-14(3)13(2)10-17(22)20;1-2/h7-8,10-11,18H,4-6,9,20H2,1-3H3;1-2H3. The van der Waals surface area contributed by atoms with E-state index in [0.29, 0.717) is 0 Å². The van der Waals surface area contributed by atoms with Crippen molar-refractivity contribution < 1.29 is 4.74 Å². The van der Waals surface area contributed by atoms with Gasteiger partial charge in [-0.1, -0.05) is 19.9 Å². The minimum atomic E-state index is 0.0386. The molecule has 26 heavy (non-hydrogen) atoms. The van der Waals surface area contributed by atoms with Crippen LogP contribution in [0.1, 0.15) is 56.2 Å². The lowest BCUT2D eigenvalue weighted by Gasteiger charge is -2.23. The van der Waals surface area contributed by atoms with Crippen LogP contribution in [-0.4, -0.2) is 21.0 Å². The first-order valence-electron chi connectivity index (χ1n) is 9.61. The maximum Gasteiger partial charge on any atom is 0.150 e. The van der Waals surface area contributed by atoms with Crippen molar-refractivity contribution in [2.45, 2.75) is 60.1 Å². The van der Waals surface area contributed by atoms with E-state index < -0.39 is 0 Å². The normalized spacial score (nSPS) is 17.2. The first-order valence-corrected chi connectivity index (χ1v) is 9.61. The second kappa shape index (κ2) is 7.54. The molecule has 1 aliphatic heterocycles. The van der Waals surface area contributed by atoms with Gasteiger partial charge in [-0.2, -0.15) is 5.10 Å². The van der Waals surface area contributed by atoms with E-state index in [1.165, 1.54) is 23.2 Å². The van der Waals surface area contributed by atoms with Gasteiger partial charge >= 0.3 is 0 Å². The zero-order valence-electron chi connectivity index (χ0n) is 16.5. The summed E-state index contributed by atoms with van der Waals surface area (Å²) in [6.07, 6.45) is 5.33. The summed E-state index contributed by atoms with van der Waals surface area (Å²) < 4.78 is 10.1. The molecule has 5 nitrogen and oxygen atoms in total. The van der Waals surface area contributed by atoms with Crippen molar-refractivity contribution in [2.75, 3.05) is 12.3 Å². The molecule has 2 N–H and O–H groups in total. The highest BCUT2D eigenvalue weighted by Crippen LogP contribution is 2.33. The molecule has 1 unspecified atom stereocenters. The fourth-order valence-corrected chi connectivity index (χ4v) is 3.72. The summed E-state index contributed by atoms with van der Waals surface area (Å²) in [5.41, 5.74) is 12.1. The van der Waals surface area contributed by atoms with Crippen molar-refractivity contribution in [1.29, 1.82) is 0 Å². The zero-order valence-corrected chi connectivity index (χ0v) is 16.5. The third-order valence-corrected chi connectivity index (χ3v) is 5.13. The number of fused-ring (bicyclic) bond motifs is 1. The molecule has 0 aliphatic carbocycles. The van der Waals surface area contributed by atoms with Crippen LogP contribution in [0.5, 0.6) is 0 Å². The predicted molar refractivity (Wildman–Crippen MR) is 108 cm³/mol. The van der Waals surface area contributed by atoms with Gasteiger partial charge in [-0.25, -0.2) is 4.68 Å². The molecule has 0 spiro atoms. The Bertz CT molecular complexity index is 901. The number of anilines is 1. The number of hydrogen-bond donors (Lipinski definition) is 1. The molecular formula is C21H30N4O. The molecule has 0 saturated carbocycles. The van der Waals surface area contributed by atoms with Gasteiger partial charge in [-0.05, 0) is 63.3 Å². The van der Waals surface area contributed by atoms with Gasteiger partial charge < -0.3 is 10.5 Å². The van der Waals surface area contributed by atoms with Gasteiger partial charge in [-0.15, -0.1) is 0 Å². The lowest BCUT2D eigenvalue weighted by atomic mass is 10.1. The van der Waals surface area contributed by atoms with E-state index >= 15 is 0 Å². The van der Waals surface area contributed by atoms with Crippen LogP contribution >= 0.6 is 0 Å². The largest absolute Gasteiger partial charge is 0.385 e. The van der Waals surface area contributed by atoms with Gasteiger partial charge in [0.2, 0.25) is 0 Å². The Morgan fingerprint density at radius 1 is 1.12 bits per heavy atom. The summed E-state index contributed by atoms with van der Waals surface area (Å²) in [5, 5.41) is 5.77. The second-order valence-corrected chi connectivity index (χ2v) is 6.75. The number of nitrogens with zero attached hydrogens (tertiary/aromatic N) is 3. The van der Waals surface area contributed by atoms with E-state index in [1.54, 1.807) is 0 Å². The molecule has 0 bridgehead atoms. The number of benzene rings is 1. The van der Waals surface area contributed by atoms with Crippen LogP contribution in [0.15, 0.2) is 24.4 Å². The number of nitrogens with two attached hydrogens (primary N) is 1. The molecule has 3 heterocycles. The van der Waals surface area contributed by atoms with E-state index in [2.05, 4.69) is 42.6 Å². The molecule has 5 heteroatoms. The molecule has 0 amide bonds. The van der Waals surface area contributed by atoms with E-state index in [-0.39, 0.29) is 6.23 Å². The highest BCUT2D eigenvalue weighted by atomic mass is 16.5. The summed E-state index contributed by atoms with van der Waals surface area (Å²) in [7, 11) is 0. The number of aromatic nitrogens is 3. The molecule has 4 rings (SSSR count). The van der Waals surface area contributed by atoms with Crippen molar-refractivity contribution in [3.8, 4) is 5.69 Å². The Kier molecular flexibility index (Phi) is 5.37. The topological polar surface area (TPSA) is 58.0 Å². The lowest BCUT2D eigenvalue weighted by Crippen LogP contribution is -2.19. The summed E-state index contributed by atoms with van der Waals surface area (Å²) in [4.78, 5) is 0. The highest BCUT2D eigenvalue weighted by Gasteiger charge is 2.21. The summed E-state index contributed by atoms with van der Waals surface area (Å²) in [6.45, 7) is 11.1. The number of nitrogen functional groups attached to an aromatic ring is 1. The van der Waals surface area contributed by atoms with E-state index in [0.717, 1.165) is 41.9 Å². The molecular weight excluding hydrogens is 324 g/mol. The summed E-state index contributed by atoms with van der Waals surface area (Å²) in [6, 6.07) is 6.32. The number of hydrogen-bond acceptors (Lipinski definition) is 3. The van der Waals surface area contributed by atoms with Crippen LogP contribution in [0.4, 0.5) is 5.82 Å². The molecule has 2 aromatic heterocycles. The van der Waals surface area contributed by atoms with Gasteiger partial charge in [0.15, 0.2) is 6.23 Å². The molecule has 3 aromatic rings. The molecule has 1 aromatic carbocycles. The van der Waals surface area contributed by atoms with Crippen LogP contribution in [-0.2, 0) is 4.74 Å². The average molecular weight is 354 g/mol. The predicted octanol–water partition coefficient (Wildman–Crippen LogP) is 5.06. The van der Waals surface area contributed by atoms with Crippen molar-refractivity contribution >= 4 is 16.7 Å². The second-order valence-electron chi connectivity index (χ2n) is 6.75. The summed E-state index contributed by atoms with van der Waals surface area (Å²) in [5.74, 6) is 0.766. The smallest absolute Gasteiger partial charge is 0.150 e. The Balaban J connectivity index is 0.000000948. The first-order chi connectivity index (χ1) is 12.6. The summed E-state index contributed by atoms with van der Waals surface area (Å²) >= 11 is 0. The Hall–Kier alpha value is -2.27. The van der Waals surface area contributed by atoms with Crippen molar-refractivity contribution in [3.63, 3.8) is 0 Å². The molecule has 1 aliphatic rings. The number of ether oxygens (including phenoxy) is 1. The van der Waals surface area contributed by atoms with Crippen molar-refractivity contribution in [1.82, 2.24) is 14.3 Å². The highest BCUT2D eigenvalue weighted by molar-refractivity contribution is 5.90. The zero-order chi connectivity index (χ0) is 18.8. The lowest BCUT2D eigenvalue weighted by molar-refractivity contribution is -0.0366. The Morgan fingerprint density at radius 3 is 2.50 bits per heavy atom. The van der Waals surface area contributed by atoms with Crippen LogP contribution < -0.4 is 5.73 Å². The minimum Gasteiger partial charge on any atom is -0.385 e. The Morgan fingerprint density at radius 2 is 1.88 bits per heavy atom.